The molecular weight excluding hydrogens is 446 g/mol. The van der Waals surface area contributed by atoms with E-state index in [-0.39, 0.29) is 5.41 Å². The normalized spacial score (nSPS) is 17.2. The van der Waals surface area contributed by atoms with Crippen molar-refractivity contribution in [3.05, 3.63) is 126 Å². The highest BCUT2D eigenvalue weighted by Crippen LogP contribution is 2.45. The van der Waals surface area contributed by atoms with E-state index in [1.807, 2.05) is 0 Å². The molecule has 0 bridgehead atoms. The van der Waals surface area contributed by atoms with Gasteiger partial charge in [0.05, 0.1) is 5.52 Å². The van der Waals surface area contributed by atoms with Gasteiger partial charge in [0.2, 0.25) is 0 Å². The molecule has 1 aliphatic carbocycles. The van der Waals surface area contributed by atoms with Crippen LogP contribution in [0.5, 0.6) is 0 Å². The highest BCUT2D eigenvalue weighted by molar-refractivity contribution is 6.09. The van der Waals surface area contributed by atoms with Gasteiger partial charge in [0.1, 0.15) is 0 Å². The number of rotatable bonds is 1. The molecule has 0 N–H and O–H groups in total. The minimum absolute atomic E-state index is 0.0785. The molecule has 1 heteroatoms. The minimum atomic E-state index is 0.0785. The molecule has 37 heavy (non-hydrogen) atoms. The molecule has 0 radical (unpaired) electrons. The van der Waals surface area contributed by atoms with Crippen molar-refractivity contribution in [2.24, 2.45) is 5.92 Å². The zero-order chi connectivity index (χ0) is 25.1. The van der Waals surface area contributed by atoms with Crippen LogP contribution in [0.4, 0.5) is 0 Å². The van der Waals surface area contributed by atoms with Crippen LogP contribution in [0.2, 0.25) is 0 Å². The number of aromatic nitrogens is 1. The lowest BCUT2D eigenvalue weighted by Gasteiger charge is -2.35. The number of hydrogen-bond acceptors (Lipinski definition) is 0. The van der Waals surface area contributed by atoms with Gasteiger partial charge in [-0.15, -0.1) is 0 Å². The molecule has 5 aromatic carbocycles. The van der Waals surface area contributed by atoms with Crippen molar-refractivity contribution in [3.8, 4) is 5.69 Å². The van der Waals surface area contributed by atoms with E-state index in [1.165, 1.54) is 66.9 Å². The fraction of sp³-hybridized carbons (Fsp3) is 0.222. The number of para-hydroxylation sites is 1. The Labute approximate surface area is 219 Å². The summed E-state index contributed by atoms with van der Waals surface area (Å²) < 4.78 is 2.55. The summed E-state index contributed by atoms with van der Waals surface area (Å²) in [7, 11) is 0. The summed E-state index contributed by atoms with van der Waals surface area (Å²) in [5.74, 6) is 0.549. The van der Waals surface area contributed by atoms with Crippen molar-refractivity contribution >= 4 is 32.4 Å². The topological polar surface area (TPSA) is 4.93 Å². The number of benzene rings is 5. The Bertz CT molecular complexity index is 1780. The predicted octanol–water partition coefficient (Wildman–Crippen LogP) is 9.39. The van der Waals surface area contributed by atoms with Crippen molar-refractivity contribution in [1.82, 2.24) is 4.57 Å². The van der Waals surface area contributed by atoms with Gasteiger partial charge in [0.15, 0.2) is 0 Å². The molecule has 1 heterocycles. The van der Waals surface area contributed by atoms with E-state index in [9.17, 15) is 0 Å². The third kappa shape index (κ3) is 3.37. The average Bonchev–Trinajstić information content (AvgIpc) is 3.25. The average molecular weight is 480 g/mol. The number of fused-ring (bicyclic) bond motifs is 8. The molecule has 7 rings (SSSR count). The van der Waals surface area contributed by atoms with Crippen LogP contribution in [-0.2, 0) is 18.3 Å². The first-order chi connectivity index (χ1) is 18.0. The zero-order valence-electron chi connectivity index (χ0n) is 22.0. The maximum absolute atomic E-state index is 2.55. The highest BCUT2D eigenvalue weighted by Gasteiger charge is 2.34. The van der Waals surface area contributed by atoms with Crippen molar-refractivity contribution in [3.63, 3.8) is 0 Å². The fourth-order valence-corrected chi connectivity index (χ4v) is 6.89. The second-order valence-corrected chi connectivity index (χ2v) is 11.4. The smallest absolute Gasteiger partial charge is 0.0540 e. The SMILES string of the molecule is CC1CCc2c(n(-c3ccccc3)c3ccc4ccccc4c23)Cc2ccc3ccccc3c2C1(C)C. The Hall–Kier alpha value is -3.84. The summed E-state index contributed by atoms with van der Waals surface area (Å²) in [5, 5.41) is 6.88. The van der Waals surface area contributed by atoms with Crippen molar-refractivity contribution in [2.75, 3.05) is 0 Å². The number of hydrogen-bond donors (Lipinski definition) is 0. The van der Waals surface area contributed by atoms with E-state index in [1.54, 1.807) is 0 Å². The van der Waals surface area contributed by atoms with E-state index in [0.29, 0.717) is 5.92 Å². The van der Waals surface area contributed by atoms with Gasteiger partial charge in [-0.2, -0.15) is 0 Å². The van der Waals surface area contributed by atoms with Gasteiger partial charge in [0, 0.05) is 23.2 Å². The molecule has 1 atom stereocenters. The highest BCUT2D eigenvalue weighted by atomic mass is 15.0. The summed E-state index contributed by atoms with van der Waals surface area (Å²) in [6.45, 7) is 7.40. The molecule has 0 saturated heterocycles. The van der Waals surface area contributed by atoms with E-state index < -0.39 is 0 Å². The van der Waals surface area contributed by atoms with Crippen LogP contribution in [0.25, 0.3) is 38.1 Å². The molecule has 1 aliphatic rings. The largest absolute Gasteiger partial charge is 0.313 e. The van der Waals surface area contributed by atoms with Crippen molar-refractivity contribution in [1.29, 1.82) is 0 Å². The Morgan fingerprint density at radius 2 is 1.35 bits per heavy atom. The molecule has 0 spiro atoms. The van der Waals surface area contributed by atoms with Gasteiger partial charge in [-0.3, -0.25) is 0 Å². The molecule has 0 saturated carbocycles. The molecule has 6 aromatic rings. The standard InChI is InChI=1S/C36H33N/c1-24-17-21-31-33(23-27-19-18-26-12-8-10-16-30(26)35(27)36(24,2)3)37(28-13-5-4-6-14-28)32-22-20-25-11-7-9-15-29(25)34(31)32/h4-16,18-20,22,24H,17,21,23H2,1-3H3. The molecule has 0 amide bonds. The van der Waals surface area contributed by atoms with Crippen LogP contribution < -0.4 is 0 Å². The van der Waals surface area contributed by atoms with Crippen molar-refractivity contribution < 1.29 is 0 Å². The van der Waals surface area contributed by atoms with Crippen LogP contribution in [0.1, 0.15) is 49.6 Å². The monoisotopic (exact) mass is 479 g/mol. The van der Waals surface area contributed by atoms with Crippen LogP contribution in [0.3, 0.4) is 0 Å². The summed E-state index contributed by atoms with van der Waals surface area (Å²) in [5.41, 5.74) is 8.61. The Morgan fingerprint density at radius 1 is 0.703 bits per heavy atom. The first kappa shape index (κ1) is 22.4. The molecule has 182 valence electrons. The van der Waals surface area contributed by atoms with Gasteiger partial charge in [-0.1, -0.05) is 106 Å². The Morgan fingerprint density at radius 3 is 2.14 bits per heavy atom. The van der Waals surface area contributed by atoms with Gasteiger partial charge in [0.25, 0.3) is 0 Å². The lowest BCUT2D eigenvalue weighted by Crippen LogP contribution is -2.28. The third-order valence-corrected chi connectivity index (χ3v) is 9.16. The first-order valence-corrected chi connectivity index (χ1v) is 13.6. The molecule has 0 fully saturated rings. The molecule has 1 unspecified atom stereocenters. The van der Waals surface area contributed by atoms with E-state index in [0.717, 1.165) is 12.8 Å². The van der Waals surface area contributed by atoms with Crippen LogP contribution in [0, 0.1) is 5.92 Å². The summed E-state index contributed by atoms with van der Waals surface area (Å²) in [6.07, 6.45) is 3.19. The Kier molecular flexibility index (Phi) is 5.05. The Balaban J connectivity index is 1.61. The van der Waals surface area contributed by atoms with Gasteiger partial charge in [-0.05, 0) is 80.6 Å². The van der Waals surface area contributed by atoms with Crippen LogP contribution in [0.15, 0.2) is 103 Å². The second-order valence-electron chi connectivity index (χ2n) is 11.4. The lowest BCUT2D eigenvalue weighted by atomic mass is 9.69. The fourth-order valence-electron chi connectivity index (χ4n) is 6.89. The van der Waals surface area contributed by atoms with E-state index >= 15 is 0 Å². The number of nitrogens with zero attached hydrogens (tertiary/aromatic N) is 1. The van der Waals surface area contributed by atoms with Gasteiger partial charge < -0.3 is 4.57 Å². The summed E-state index contributed by atoms with van der Waals surface area (Å²) in [6, 6.07) is 38.2. The molecule has 1 aromatic heterocycles. The van der Waals surface area contributed by atoms with Crippen LogP contribution in [-0.4, -0.2) is 4.57 Å². The minimum Gasteiger partial charge on any atom is -0.313 e. The predicted molar refractivity (Wildman–Crippen MR) is 158 cm³/mol. The van der Waals surface area contributed by atoms with Crippen LogP contribution >= 0.6 is 0 Å². The summed E-state index contributed by atoms with van der Waals surface area (Å²) >= 11 is 0. The number of aryl methyl sites for hydroxylation is 1. The quantitative estimate of drug-likeness (QED) is 0.221. The molecule has 0 aliphatic heterocycles. The molecule has 1 nitrogen and oxygen atoms in total. The first-order valence-electron chi connectivity index (χ1n) is 13.6. The van der Waals surface area contributed by atoms with Gasteiger partial charge >= 0.3 is 0 Å². The van der Waals surface area contributed by atoms with Crippen molar-refractivity contribution in [2.45, 2.75) is 45.4 Å². The maximum Gasteiger partial charge on any atom is 0.0540 e. The maximum atomic E-state index is 2.55. The van der Waals surface area contributed by atoms with E-state index in [2.05, 4.69) is 128 Å². The summed E-state index contributed by atoms with van der Waals surface area (Å²) in [4.78, 5) is 0. The lowest BCUT2D eigenvalue weighted by molar-refractivity contribution is 0.326. The van der Waals surface area contributed by atoms with Gasteiger partial charge in [-0.25, -0.2) is 0 Å². The van der Waals surface area contributed by atoms with E-state index in [4.69, 9.17) is 0 Å². The zero-order valence-corrected chi connectivity index (χ0v) is 22.0. The second kappa shape index (κ2) is 8.35. The third-order valence-electron chi connectivity index (χ3n) is 9.16. The molecular formula is C36H33N.